The van der Waals surface area contributed by atoms with Crippen LogP contribution in [0.25, 0.3) is 5.69 Å². The number of aromatic nitrogens is 2. The van der Waals surface area contributed by atoms with Gasteiger partial charge in [-0.1, -0.05) is 12.1 Å². The van der Waals surface area contributed by atoms with Crippen molar-refractivity contribution < 1.29 is 4.79 Å². The summed E-state index contributed by atoms with van der Waals surface area (Å²) >= 11 is 0. The molecule has 5 nitrogen and oxygen atoms in total. The van der Waals surface area contributed by atoms with Gasteiger partial charge < -0.3 is 15.6 Å². The summed E-state index contributed by atoms with van der Waals surface area (Å²) in [7, 11) is 0. The van der Waals surface area contributed by atoms with Crippen LogP contribution >= 0.6 is 0 Å². The van der Waals surface area contributed by atoms with Crippen LogP contribution in [0.1, 0.15) is 18.4 Å². The van der Waals surface area contributed by atoms with Gasteiger partial charge in [0.05, 0.1) is 6.33 Å². The zero-order valence-corrected chi connectivity index (χ0v) is 10.7. The van der Waals surface area contributed by atoms with Crippen LogP contribution in [0.4, 0.5) is 0 Å². The van der Waals surface area contributed by atoms with Crippen LogP contribution in [0.15, 0.2) is 43.0 Å². The summed E-state index contributed by atoms with van der Waals surface area (Å²) in [5.41, 5.74) is 7.38. The van der Waals surface area contributed by atoms with E-state index >= 15 is 0 Å². The van der Waals surface area contributed by atoms with E-state index in [1.54, 1.807) is 12.5 Å². The highest BCUT2D eigenvalue weighted by molar-refractivity contribution is 5.73. The summed E-state index contributed by atoms with van der Waals surface area (Å²) in [6, 6.07) is 8.27. The first kappa shape index (κ1) is 13.3. The summed E-state index contributed by atoms with van der Waals surface area (Å²) in [6.45, 7) is 1.59. The van der Waals surface area contributed by atoms with Gasteiger partial charge >= 0.3 is 0 Å². The Morgan fingerprint density at radius 2 is 2.11 bits per heavy atom. The van der Waals surface area contributed by atoms with Crippen molar-refractivity contribution in [3.63, 3.8) is 0 Å². The van der Waals surface area contributed by atoms with Gasteiger partial charge in [0, 0.05) is 31.0 Å². The number of benzene rings is 1. The molecule has 1 amide bonds. The zero-order chi connectivity index (χ0) is 13.5. The van der Waals surface area contributed by atoms with Gasteiger partial charge in [-0.15, -0.1) is 0 Å². The van der Waals surface area contributed by atoms with Crippen molar-refractivity contribution in [3.05, 3.63) is 48.5 Å². The van der Waals surface area contributed by atoms with Crippen molar-refractivity contribution in [2.75, 3.05) is 6.54 Å². The lowest BCUT2D eigenvalue weighted by atomic mass is 10.2. The third kappa shape index (κ3) is 4.22. The Bertz CT molecular complexity index is 505. The predicted octanol–water partition coefficient (Wildman–Crippen LogP) is 1.23. The molecule has 2 aromatic rings. The number of nitrogens with zero attached hydrogens (tertiary/aromatic N) is 2. The molecule has 0 unspecified atom stereocenters. The Morgan fingerprint density at radius 3 is 2.74 bits per heavy atom. The quantitative estimate of drug-likeness (QED) is 0.734. The van der Waals surface area contributed by atoms with Crippen LogP contribution in [0.3, 0.4) is 0 Å². The molecule has 0 aliphatic heterocycles. The van der Waals surface area contributed by atoms with E-state index in [4.69, 9.17) is 5.73 Å². The number of imidazole rings is 1. The van der Waals surface area contributed by atoms with Crippen molar-refractivity contribution in [2.45, 2.75) is 19.4 Å². The van der Waals surface area contributed by atoms with Crippen LogP contribution in [-0.2, 0) is 11.3 Å². The second-order valence-electron chi connectivity index (χ2n) is 4.38. The molecule has 0 spiro atoms. The van der Waals surface area contributed by atoms with Crippen LogP contribution in [0.5, 0.6) is 0 Å². The lowest BCUT2D eigenvalue weighted by Gasteiger charge is -2.06. The maximum Gasteiger partial charge on any atom is 0.217 e. The number of primary amides is 1. The predicted molar refractivity (Wildman–Crippen MR) is 73.7 cm³/mol. The number of nitrogens with one attached hydrogen (secondary N) is 1. The second-order valence-corrected chi connectivity index (χ2v) is 4.38. The minimum atomic E-state index is -0.244. The molecule has 1 heterocycles. The first-order valence-corrected chi connectivity index (χ1v) is 6.32. The van der Waals surface area contributed by atoms with Crippen LogP contribution in [-0.4, -0.2) is 22.0 Å². The fourth-order valence-corrected chi connectivity index (χ4v) is 1.82. The molecular weight excluding hydrogens is 240 g/mol. The number of nitrogens with two attached hydrogens (primary N) is 1. The smallest absolute Gasteiger partial charge is 0.217 e. The van der Waals surface area contributed by atoms with Crippen molar-refractivity contribution in [2.24, 2.45) is 5.73 Å². The van der Waals surface area contributed by atoms with Crippen LogP contribution < -0.4 is 11.1 Å². The van der Waals surface area contributed by atoms with E-state index in [1.165, 1.54) is 5.56 Å². The number of hydrogen-bond acceptors (Lipinski definition) is 3. The minimum absolute atomic E-state index is 0.244. The van der Waals surface area contributed by atoms with Crippen molar-refractivity contribution in [1.82, 2.24) is 14.9 Å². The third-order valence-electron chi connectivity index (χ3n) is 2.84. The Hall–Kier alpha value is -2.14. The molecule has 0 aliphatic carbocycles. The zero-order valence-electron chi connectivity index (χ0n) is 10.7. The topological polar surface area (TPSA) is 72.9 Å². The fourth-order valence-electron chi connectivity index (χ4n) is 1.82. The third-order valence-corrected chi connectivity index (χ3v) is 2.84. The number of hydrogen-bond donors (Lipinski definition) is 2. The molecule has 0 radical (unpaired) electrons. The molecule has 0 aliphatic rings. The molecule has 0 atom stereocenters. The Morgan fingerprint density at radius 1 is 1.32 bits per heavy atom. The number of carbonyl (C=O) groups is 1. The summed E-state index contributed by atoms with van der Waals surface area (Å²) < 4.78 is 1.96. The van der Waals surface area contributed by atoms with Crippen molar-refractivity contribution in [1.29, 1.82) is 0 Å². The van der Waals surface area contributed by atoms with E-state index in [9.17, 15) is 4.79 Å². The van der Waals surface area contributed by atoms with Gasteiger partial charge in [-0.25, -0.2) is 4.98 Å². The number of rotatable bonds is 7. The Kier molecular flexibility index (Phi) is 4.69. The highest BCUT2D eigenvalue weighted by atomic mass is 16.1. The average molecular weight is 258 g/mol. The highest BCUT2D eigenvalue weighted by Crippen LogP contribution is 2.09. The molecule has 1 aromatic carbocycles. The standard InChI is InChI=1S/C14H18N4O/c15-14(19)2-1-7-16-10-12-3-5-13(6-4-12)18-9-8-17-11-18/h3-6,8-9,11,16H,1-2,7,10H2,(H2,15,19). The molecule has 19 heavy (non-hydrogen) atoms. The fraction of sp³-hybridized carbons (Fsp3) is 0.286. The van der Waals surface area contributed by atoms with E-state index < -0.39 is 0 Å². The van der Waals surface area contributed by atoms with E-state index in [1.807, 2.05) is 10.8 Å². The van der Waals surface area contributed by atoms with Gasteiger partial charge in [-0.05, 0) is 30.7 Å². The second kappa shape index (κ2) is 6.70. The Labute approximate surface area is 112 Å². The van der Waals surface area contributed by atoms with E-state index in [-0.39, 0.29) is 5.91 Å². The molecule has 0 fully saturated rings. The molecular formula is C14H18N4O. The lowest BCUT2D eigenvalue weighted by Crippen LogP contribution is -2.18. The number of carbonyl (C=O) groups excluding carboxylic acids is 1. The van der Waals surface area contributed by atoms with Crippen molar-refractivity contribution in [3.8, 4) is 5.69 Å². The molecule has 100 valence electrons. The van der Waals surface area contributed by atoms with Gasteiger partial charge in [-0.2, -0.15) is 0 Å². The minimum Gasteiger partial charge on any atom is -0.370 e. The van der Waals surface area contributed by atoms with Gasteiger partial charge in [0.2, 0.25) is 5.91 Å². The number of amides is 1. The van der Waals surface area contributed by atoms with Crippen LogP contribution in [0.2, 0.25) is 0 Å². The summed E-state index contributed by atoms with van der Waals surface area (Å²) in [5, 5.41) is 3.28. The van der Waals surface area contributed by atoms with Gasteiger partial charge in [0.1, 0.15) is 0 Å². The SMILES string of the molecule is NC(=O)CCCNCc1ccc(-n2ccnc2)cc1. The van der Waals surface area contributed by atoms with Gasteiger partial charge in [0.25, 0.3) is 0 Å². The molecule has 1 aromatic heterocycles. The van der Waals surface area contributed by atoms with Crippen LogP contribution in [0, 0.1) is 0 Å². The molecule has 3 N–H and O–H groups in total. The Balaban J connectivity index is 1.78. The molecule has 2 rings (SSSR count). The van der Waals surface area contributed by atoms with E-state index in [0.29, 0.717) is 6.42 Å². The van der Waals surface area contributed by atoms with Gasteiger partial charge in [-0.3, -0.25) is 4.79 Å². The molecule has 5 heteroatoms. The maximum absolute atomic E-state index is 10.6. The first-order valence-electron chi connectivity index (χ1n) is 6.32. The van der Waals surface area contributed by atoms with Crippen molar-refractivity contribution >= 4 is 5.91 Å². The normalized spacial score (nSPS) is 10.5. The molecule has 0 saturated carbocycles. The molecule has 0 saturated heterocycles. The summed E-state index contributed by atoms with van der Waals surface area (Å²) in [4.78, 5) is 14.6. The van der Waals surface area contributed by atoms with E-state index in [0.717, 1.165) is 25.2 Å². The van der Waals surface area contributed by atoms with E-state index in [2.05, 4.69) is 34.6 Å². The molecule has 0 bridgehead atoms. The largest absolute Gasteiger partial charge is 0.370 e. The monoisotopic (exact) mass is 258 g/mol. The first-order chi connectivity index (χ1) is 9.25. The summed E-state index contributed by atoms with van der Waals surface area (Å²) in [6.07, 6.45) is 6.66. The average Bonchev–Trinajstić information content (AvgIpc) is 2.93. The maximum atomic E-state index is 10.6. The summed E-state index contributed by atoms with van der Waals surface area (Å²) in [5.74, 6) is -0.244. The highest BCUT2D eigenvalue weighted by Gasteiger charge is 1.97. The van der Waals surface area contributed by atoms with Gasteiger partial charge in [0.15, 0.2) is 0 Å². The lowest BCUT2D eigenvalue weighted by molar-refractivity contribution is -0.118.